The Morgan fingerprint density at radius 1 is 1.30 bits per heavy atom. The number of aromatic nitrogens is 1. The molecule has 0 spiro atoms. The van der Waals surface area contributed by atoms with Crippen molar-refractivity contribution in [1.82, 2.24) is 25.8 Å². The van der Waals surface area contributed by atoms with Gasteiger partial charge in [-0.1, -0.05) is 6.92 Å². The molecule has 172 valence electrons. The van der Waals surface area contributed by atoms with E-state index in [1.54, 1.807) is 0 Å². The van der Waals surface area contributed by atoms with Crippen molar-refractivity contribution in [3.63, 3.8) is 0 Å². The summed E-state index contributed by atoms with van der Waals surface area (Å²) in [6.07, 6.45) is -1.78. The molecule has 1 aliphatic heterocycles. The zero-order valence-electron chi connectivity index (χ0n) is 17.2. The fourth-order valence-electron chi connectivity index (χ4n) is 2.93. The molecule has 0 saturated carbocycles. The number of alkyl halides is 3. The molecule has 3 N–H and O–H groups in total. The molecule has 1 saturated heterocycles. The number of hydrogen-bond acceptors (Lipinski definition) is 5. The molecule has 0 bridgehead atoms. The molecular weight excluding hydrogens is 532 g/mol. The van der Waals surface area contributed by atoms with Gasteiger partial charge in [-0.2, -0.15) is 13.2 Å². The molecule has 0 unspecified atom stereocenters. The Labute approximate surface area is 196 Å². The average molecular weight is 562 g/mol. The second kappa shape index (κ2) is 13.3. The summed E-state index contributed by atoms with van der Waals surface area (Å²) in [5.74, 6) is 0.616. The first-order valence-corrected chi connectivity index (χ1v) is 10.7. The van der Waals surface area contributed by atoms with Crippen molar-refractivity contribution < 1.29 is 18.0 Å². The van der Waals surface area contributed by atoms with Gasteiger partial charge < -0.3 is 16.0 Å². The number of likely N-dealkylation sites (tertiary alicyclic amines) is 1. The van der Waals surface area contributed by atoms with Crippen LogP contribution in [0.3, 0.4) is 0 Å². The summed E-state index contributed by atoms with van der Waals surface area (Å²) < 4.78 is 38.0. The SMILES string of the molecule is CCCNC(=O)CN1CCC(NC(=NCc2nc(C(F)(F)F)cs2)NCC)CC1.I. The third-order valence-corrected chi connectivity index (χ3v) is 5.26. The van der Waals surface area contributed by atoms with E-state index in [1.165, 1.54) is 0 Å². The van der Waals surface area contributed by atoms with Gasteiger partial charge in [0.2, 0.25) is 5.91 Å². The minimum Gasteiger partial charge on any atom is -0.357 e. The maximum absolute atomic E-state index is 12.7. The molecular formula is C18H30F3IN6OS. The van der Waals surface area contributed by atoms with Crippen LogP contribution in [0.5, 0.6) is 0 Å². The number of rotatable bonds is 8. The first-order valence-electron chi connectivity index (χ1n) is 9.87. The number of halogens is 4. The molecule has 1 aromatic heterocycles. The van der Waals surface area contributed by atoms with Gasteiger partial charge >= 0.3 is 6.18 Å². The highest BCUT2D eigenvalue weighted by Gasteiger charge is 2.33. The lowest BCUT2D eigenvalue weighted by molar-refractivity contribution is -0.140. The number of carbonyl (C=O) groups is 1. The summed E-state index contributed by atoms with van der Waals surface area (Å²) in [5, 5.41) is 10.7. The number of carbonyl (C=O) groups excluding carboxylic acids is 1. The van der Waals surface area contributed by atoms with Gasteiger partial charge in [0.25, 0.3) is 0 Å². The first-order chi connectivity index (χ1) is 13.8. The Kier molecular flexibility index (Phi) is 11.9. The zero-order valence-corrected chi connectivity index (χ0v) is 20.4. The van der Waals surface area contributed by atoms with Crippen molar-refractivity contribution in [1.29, 1.82) is 0 Å². The van der Waals surface area contributed by atoms with Crippen molar-refractivity contribution in [2.45, 2.75) is 51.9 Å². The molecule has 0 aromatic carbocycles. The van der Waals surface area contributed by atoms with Crippen LogP contribution < -0.4 is 16.0 Å². The molecule has 12 heteroatoms. The van der Waals surface area contributed by atoms with E-state index in [0.29, 0.717) is 30.6 Å². The molecule has 1 fully saturated rings. The summed E-state index contributed by atoms with van der Waals surface area (Å²) in [6.45, 7) is 7.40. The molecule has 2 rings (SSSR count). The predicted octanol–water partition coefficient (Wildman–Crippen LogP) is 2.83. The van der Waals surface area contributed by atoms with Crippen LogP contribution in [0.2, 0.25) is 0 Å². The van der Waals surface area contributed by atoms with Crippen LogP contribution in [0.15, 0.2) is 10.4 Å². The summed E-state index contributed by atoms with van der Waals surface area (Å²) in [7, 11) is 0. The number of piperidine rings is 1. The van der Waals surface area contributed by atoms with Crippen LogP contribution in [0, 0.1) is 0 Å². The fraction of sp³-hybridized carbons (Fsp3) is 0.722. The van der Waals surface area contributed by atoms with E-state index >= 15 is 0 Å². The summed E-state index contributed by atoms with van der Waals surface area (Å²) in [5.41, 5.74) is -0.874. The van der Waals surface area contributed by atoms with E-state index in [9.17, 15) is 18.0 Å². The highest BCUT2D eigenvalue weighted by molar-refractivity contribution is 14.0. The quantitative estimate of drug-likeness (QED) is 0.258. The molecule has 0 aliphatic carbocycles. The fourth-order valence-corrected chi connectivity index (χ4v) is 3.66. The van der Waals surface area contributed by atoms with Gasteiger partial charge in [-0.25, -0.2) is 9.98 Å². The van der Waals surface area contributed by atoms with Gasteiger partial charge in [0.15, 0.2) is 11.7 Å². The maximum Gasteiger partial charge on any atom is 0.434 e. The zero-order chi connectivity index (χ0) is 21.3. The number of thiazole rings is 1. The molecule has 1 aliphatic rings. The summed E-state index contributed by atoms with van der Waals surface area (Å²) >= 11 is 0.956. The lowest BCUT2D eigenvalue weighted by Gasteiger charge is -2.32. The minimum absolute atomic E-state index is 0. The normalized spacial score (nSPS) is 16.1. The highest BCUT2D eigenvalue weighted by atomic mass is 127. The second-order valence-electron chi connectivity index (χ2n) is 6.86. The molecule has 2 heterocycles. The monoisotopic (exact) mass is 562 g/mol. The van der Waals surface area contributed by atoms with Crippen molar-refractivity contribution in [2.75, 3.05) is 32.7 Å². The Bertz CT molecular complexity index is 677. The van der Waals surface area contributed by atoms with Crippen LogP contribution in [-0.4, -0.2) is 60.5 Å². The van der Waals surface area contributed by atoms with Crippen LogP contribution in [0.1, 0.15) is 43.8 Å². The Morgan fingerprint density at radius 3 is 2.57 bits per heavy atom. The van der Waals surface area contributed by atoms with Crippen molar-refractivity contribution in [3.05, 3.63) is 16.1 Å². The maximum atomic E-state index is 12.7. The standard InChI is InChI=1S/C18H29F3N6OS.HI/c1-3-7-23-15(28)11-27-8-5-13(6-9-27)25-17(22-4-2)24-10-16-26-14(12-29-16)18(19,20)21;/h12-13H,3-11H2,1-2H3,(H,23,28)(H2,22,24,25);1H. The summed E-state index contributed by atoms with van der Waals surface area (Å²) in [6, 6.07) is 0.199. The highest BCUT2D eigenvalue weighted by Crippen LogP contribution is 2.30. The average Bonchev–Trinajstić information content (AvgIpc) is 3.16. The van der Waals surface area contributed by atoms with Gasteiger partial charge in [0.05, 0.1) is 13.1 Å². The van der Waals surface area contributed by atoms with E-state index in [-0.39, 0.29) is 42.5 Å². The van der Waals surface area contributed by atoms with E-state index in [0.717, 1.165) is 49.1 Å². The molecule has 1 amide bonds. The summed E-state index contributed by atoms with van der Waals surface area (Å²) in [4.78, 5) is 21.9. The molecule has 1 aromatic rings. The van der Waals surface area contributed by atoms with Crippen molar-refractivity contribution in [3.8, 4) is 0 Å². The van der Waals surface area contributed by atoms with E-state index in [4.69, 9.17) is 0 Å². The minimum atomic E-state index is -4.43. The molecule has 0 atom stereocenters. The van der Waals surface area contributed by atoms with Gasteiger partial charge in [-0.05, 0) is 26.2 Å². The number of amides is 1. The largest absolute Gasteiger partial charge is 0.434 e. The van der Waals surface area contributed by atoms with E-state index in [1.807, 2.05) is 13.8 Å². The first kappa shape index (κ1) is 26.9. The molecule has 7 nitrogen and oxygen atoms in total. The lowest BCUT2D eigenvalue weighted by atomic mass is 10.1. The Balaban J connectivity index is 0.00000450. The number of guanidine groups is 1. The Hall–Kier alpha value is -1.15. The lowest BCUT2D eigenvalue weighted by Crippen LogP contribution is -2.50. The number of nitrogens with zero attached hydrogens (tertiary/aromatic N) is 3. The molecule has 0 radical (unpaired) electrons. The smallest absolute Gasteiger partial charge is 0.357 e. The van der Waals surface area contributed by atoms with Gasteiger partial charge in [-0.3, -0.25) is 9.69 Å². The van der Waals surface area contributed by atoms with Crippen molar-refractivity contribution >= 4 is 47.2 Å². The number of hydrogen-bond donors (Lipinski definition) is 3. The molecule has 30 heavy (non-hydrogen) atoms. The third-order valence-electron chi connectivity index (χ3n) is 4.43. The van der Waals surface area contributed by atoms with E-state index < -0.39 is 11.9 Å². The van der Waals surface area contributed by atoms with E-state index in [2.05, 4.69) is 30.8 Å². The number of aliphatic imine (C=N–C) groups is 1. The van der Waals surface area contributed by atoms with Gasteiger partial charge in [-0.15, -0.1) is 35.3 Å². The number of nitrogens with one attached hydrogen (secondary N) is 3. The van der Waals surface area contributed by atoms with Crippen LogP contribution >= 0.6 is 35.3 Å². The van der Waals surface area contributed by atoms with Crippen LogP contribution in [0.25, 0.3) is 0 Å². The Morgan fingerprint density at radius 2 is 2.00 bits per heavy atom. The van der Waals surface area contributed by atoms with Gasteiger partial charge in [0, 0.05) is 37.6 Å². The van der Waals surface area contributed by atoms with Crippen molar-refractivity contribution in [2.24, 2.45) is 4.99 Å². The van der Waals surface area contributed by atoms with Crippen LogP contribution in [0.4, 0.5) is 13.2 Å². The topological polar surface area (TPSA) is 81.7 Å². The van der Waals surface area contributed by atoms with Crippen LogP contribution in [-0.2, 0) is 17.5 Å². The third kappa shape index (κ3) is 9.33. The second-order valence-corrected chi connectivity index (χ2v) is 7.81. The predicted molar refractivity (Wildman–Crippen MR) is 123 cm³/mol. The van der Waals surface area contributed by atoms with Gasteiger partial charge in [0.1, 0.15) is 5.01 Å².